The largest absolute Gasteiger partial charge is 0.346 e. The number of hydrogen-bond donors (Lipinski definition) is 1. The number of hydrogen-bond acceptors (Lipinski definition) is 5. The summed E-state index contributed by atoms with van der Waals surface area (Å²) >= 11 is 1.54. The van der Waals surface area contributed by atoms with Gasteiger partial charge in [-0.15, -0.1) is 11.3 Å². The summed E-state index contributed by atoms with van der Waals surface area (Å²) < 4.78 is 0. The molecule has 0 spiro atoms. The van der Waals surface area contributed by atoms with E-state index in [2.05, 4.69) is 15.3 Å². The van der Waals surface area contributed by atoms with Crippen molar-refractivity contribution in [3.05, 3.63) is 45.7 Å². The molecule has 90 valence electrons. The minimum Gasteiger partial charge on any atom is -0.346 e. The van der Waals surface area contributed by atoms with E-state index in [0.717, 1.165) is 9.88 Å². The summed E-state index contributed by atoms with van der Waals surface area (Å²) in [5.41, 5.74) is 0.736. The van der Waals surface area contributed by atoms with Gasteiger partial charge in [-0.3, -0.25) is 4.79 Å². The van der Waals surface area contributed by atoms with Gasteiger partial charge in [0.05, 0.1) is 17.1 Å². The molecule has 18 heavy (non-hydrogen) atoms. The molecule has 6 heteroatoms. The maximum absolute atomic E-state index is 11.8. The molecule has 2 heterocycles. The number of thiazole rings is 1. The SMILES string of the molecule is Cc1ncc(CNC(=O)c2ccc(C#N)cn2)s1. The first-order valence-corrected chi connectivity index (χ1v) is 6.06. The van der Waals surface area contributed by atoms with Gasteiger partial charge in [-0.2, -0.15) is 5.26 Å². The number of nitrogens with zero attached hydrogens (tertiary/aromatic N) is 3. The number of aromatic nitrogens is 2. The van der Waals surface area contributed by atoms with Crippen molar-refractivity contribution >= 4 is 17.2 Å². The zero-order chi connectivity index (χ0) is 13.0. The Morgan fingerprint density at radius 2 is 2.28 bits per heavy atom. The molecule has 2 rings (SSSR count). The molecule has 0 saturated carbocycles. The van der Waals surface area contributed by atoms with Crippen molar-refractivity contribution in [2.45, 2.75) is 13.5 Å². The second kappa shape index (κ2) is 5.38. The average Bonchev–Trinajstić information content (AvgIpc) is 2.82. The van der Waals surface area contributed by atoms with Crippen LogP contribution in [0, 0.1) is 18.3 Å². The molecule has 0 unspecified atom stereocenters. The highest BCUT2D eigenvalue weighted by atomic mass is 32.1. The van der Waals surface area contributed by atoms with Gasteiger partial charge < -0.3 is 5.32 Å². The molecular weight excluding hydrogens is 248 g/mol. The number of nitrogens with one attached hydrogen (secondary N) is 1. The maximum atomic E-state index is 11.8. The lowest BCUT2D eigenvalue weighted by Gasteiger charge is -2.02. The summed E-state index contributed by atoms with van der Waals surface area (Å²) in [5, 5.41) is 12.3. The molecule has 0 aliphatic carbocycles. The molecule has 1 N–H and O–H groups in total. The van der Waals surface area contributed by atoms with E-state index in [1.807, 2.05) is 13.0 Å². The van der Waals surface area contributed by atoms with Gasteiger partial charge >= 0.3 is 0 Å². The van der Waals surface area contributed by atoms with Crippen LogP contribution in [0.5, 0.6) is 0 Å². The monoisotopic (exact) mass is 258 g/mol. The zero-order valence-corrected chi connectivity index (χ0v) is 10.5. The summed E-state index contributed by atoms with van der Waals surface area (Å²) in [7, 11) is 0. The van der Waals surface area contributed by atoms with E-state index in [1.54, 1.807) is 23.6 Å². The fourth-order valence-electron chi connectivity index (χ4n) is 1.34. The van der Waals surface area contributed by atoms with Crippen LogP contribution in [0.15, 0.2) is 24.5 Å². The molecule has 2 aromatic rings. The fraction of sp³-hybridized carbons (Fsp3) is 0.167. The molecule has 0 aromatic carbocycles. The van der Waals surface area contributed by atoms with E-state index in [9.17, 15) is 4.79 Å². The molecule has 0 bridgehead atoms. The number of nitriles is 1. The maximum Gasteiger partial charge on any atom is 0.270 e. The minimum absolute atomic E-state index is 0.259. The summed E-state index contributed by atoms with van der Waals surface area (Å²) in [6.45, 7) is 2.35. The number of carbonyl (C=O) groups excluding carboxylic acids is 1. The average molecular weight is 258 g/mol. The normalized spacial score (nSPS) is 9.78. The second-order valence-electron chi connectivity index (χ2n) is 3.57. The Labute approximate surface area is 108 Å². The van der Waals surface area contributed by atoms with Crippen LogP contribution < -0.4 is 5.32 Å². The highest BCUT2D eigenvalue weighted by Crippen LogP contribution is 2.11. The molecule has 0 atom stereocenters. The third kappa shape index (κ3) is 2.90. The van der Waals surface area contributed by atoms with Crippen LogP contribution in [0.3, 0.4) is 0 Å². The fourth-order valence-corrected chi connectivity index (χ4v) is 2.07. The van der Waals surface area contributed by atoms with Gasteiger partial charge in [0.1, 0.15) is 11.8 Å². The third-order valence-corrected chi connectivity index (χ3v) is 3.13. The smallest absolute Gasteiger partial charge is 0.270 e. The van der Waals surface area contributed by atoms with Gasteiger partial charge in [-0.25, -0.2) is 9.97 Å². The van der Waals surface area contributed by atoms with Crippen molar-refractivity contribution < 1.29 is 4.79 Å². The minimum atomic E-state index is -0.259. The van der Waals surface area contributed by atoms with Crippen LogP contribution in [0.2, 0.25) is 0 Å². The summed E-state index contributed by atoms with van der Waals surface area (Å²) in [6, 6.07) is 5.05. The van der Waals surface area contributed by atoms with E-state index in [1.165, 1.54) is 12.3 Å². The van der Waals surface area contributed by atoms with E-state index in [0.29, 0.717) is 17.8 Å². The van der Waals surface area contributed by atoms with E-state index >= 15 is 0 Å². The molecule has 1 amide bonds. The van der Waals surface area contributed by atoms with Crippen LogP contribution in [-0.4, -0.2) is 15.9 Å². The molecule has 5 nitrogen and oxygen atoms in total. The predicted octanol–water partition coefficient (Wildman–Crippen LogP) is 1.65. The molecule has 0 saturated heterocycles. The molecule has 0 fully saturated rings. The lowest BCUT2D eigenvalue weighted by atomic mass is 10.2. The summed E-state index contributed by atoms with van der Waals surface area (Å²) in [6.07, 6.45) is 3.12. The van der Waals surface area contributed by atoms with Crippen molar-refractivity contribution in [2.75, 3.05) is 0 Å². The van der Waals surface area contributed by atoms with Crippen LogP contribution in [0.4, 0.5) is 0 Å². The number of amides is 1. The van der Waals surface area contributed by atoms with Crippen LogP contribution in [0.25, 0.3) is 0 Å². The Balaban J connectivity index is 1.97. The highest BCUT2D eigenvalue weighted by Gasteiger charge is 2.07. The highest BCUT2D eigenvalue weighted by molar-refractivity contribution is 7.11. The summed E-state index contributed by atoms with van der Waals surface area (Å²) in [4.78, 5) is 20.8. The number of carbonyl (C=O) groups is 1. The number of rotatable bonds is 3. The lowest BCUT2D eigenvalue weighted by molar-refractivity contribution is 0.0946. The van der Waals surface area contributed by atoms with Crippen molar-refractivity contribution in [1.29, 1.82) is 5.26 Å². The van der Waals surface area contributed by atoms with Crippen LogP contribution in [0.1, 0.15) is 25.9 Å². The Morgan fingerprint density at radius 1 is 1.44 bits per heavy atom. The van der Waals surface area contributed by atoms with Gasteiger partial charge in [0.25, 0.3) is 5.91 Å². The Morgan fingerprint density at radius 3 is 2.83 bits per heavy atom. The van der Waals surface area contributed by atoms with Gasteiger partial charge in [0.15, 0.2) is 0 Å². The molecule has 0 aliphatic rings. The standard InChI is InChI=1S/C12H10N4OS/c1-8-14-6-10(18-8)7-16-12(17)11-3-2-9(4-13)5-15-11/h2-3,5-6H,7H2,1H3,(H,16,17). The quantitative estimate of drug-likeness (QED) is 0.907. The predicted molar refractivity (Wildman–Crippen MR) is 67.0 cm³/mol. The molecule has 2 aromatic heterocycles. The van der Waals surface area contributed by atoms with E-state index in [4.69, 9.17) is 5.26 Å². The Hall–Kier alpha value is -2.26. The zero-order valence-electron chi connectivity index (χ0n) is 9.67. The van der Waals surface area contributed by atoms with E-state index < -0.39 is 0 Å². The van der Waals surface area contributed by atoms with Crippen molar-refractivity contribution in [3.63, 3.8) is 0 Å². The van der Waals surface area contributed by atoms with Crippen LogP contribution in [-0.2, 0) is 6.54 Å². The van der Waals surface area contributed by atoms with Crippen molar-refractivity contribution in [1.82, 2.24) is 15.3 Å². The van der Waals surface area contributed by atoms with Gasteiger partial charge in [0.2, 0.25) is 0 Å². The van der Waals surface area contributed by atoms with E-state index in [-0.39, 0.29) is 5.91 Å². The number of aryl methyl sites for hydroxylation is 1. The first-order valence-electron chi connectivity index (χ1n) is 5.24. The first kappa shape index (κ1) is 12.2. The molecular formula is C12H10N4OS. The van der Waals surface area contributed by atoms with Gasteiger partial charge in [0, 0.05) is 17.3 Å². The topological polar surface area (TPSA) is 78.7 Å². The summed E-state index contributed by atoms with van der Waals surface area (Å²) in [5.74, 6) is -0.259. The first-order chi connectivity index (χ1) is 8.69. The second-order valence-corrected chi connectivity index (χ2v) is 4.89. The number of pyridine rings is 1. The van der Waals surface area contributed by atoms with Crippen molar-refractivity contribution in [3.8, 4) is 6.07 Å². The van der Waals surface area contributed by atoms with Crippen LogP contribution >= 0.6 is 11.3 Å². The Kier molecular flexibility index (Phi) is 3.65. The lowest BCUT2D eigenvalue weighted by Crippen LogP contribution is -2.23. The van der Waals surface area contributed by atoms with Gasteiger partial charge in [-0.05, 0) is 19.1 Å². The molecule has 0 aliphatic heterocycles. The van der Waals surface area contributed by atoms with Crippen molar-refractivity contribution in [2.24, 2.45) is 0 Å². The third-order valence-electron chi connectivity index (χ3n) is 2.22. The Bertz CT molecular complexity index is 597. The van der Waals surface area contributed by atoms with Gasteiger partial charge in [-0.1, -0.05) is 0 Å². The molecule has 0 radical (unpaired) electrons.